The molecule has 0 spiro atoms. The van der Waals surface area contributed by atoms with Gasteiger partial charge in [-0.25, -0.2) is 0 Å². The second kappa shape index (κ2) is 8.48. The summed E-state index contributed by atoms with van der Waals surface area (Å²) in [5.74, 6) is -1.19. The fourth-order valence-corrected chi connectivity index (χ4v) is 2.63. The third kappa shape index (κ3) is 4.93. The number of hydrogen-bond donors (Lipinski definition) is 3. The lowest BCUT2D eigenvalue weighted by molar-refractivity contribution is -0.385. The van der Waals surface area contributed by atoms with E-state index < -0.39 is 16.7 Å². The van der Waals surface area contributed by atoms with Crippen LogP contribution in [0, 0.1) is 13.7 Å². The van der Waals surface area contributed by atoms with Gasteiger partial charge < -0.3 is 0 Å². The summed E-state index contributed by atoms with van der Waals surface area (Å²) < 4.78 is 0.745. The number of nitrogens with one attached hydrogen (secondary N) is 3. The van der Waals surface area contributed by atoms with Crippen molar-refractivity contribution in [3.63, 3.8) is 0 Å². The normalized spacial score (nSPS) is 9.80. The third-order valence-electron chi connectivity index (χ3n) is 2.98. The van der Waals surface area contributed by atoms with E-state index in [1.807, 2.05) is 22.6 Å². The fourth-order valence-electron chi connectivity index (χ4n) is 1.85. The fraction of sp³-hybridized carbons (Fsp3) is 0. The zero-order valence-corrected chi connectivity index (χ0v) is 15.5. The summed E-state index contributed by atoms with van der Waals surface area (Å²) in [7, 11) is 0. The molecule has 25 heavy (non-hydrogen) atoms. The Morgan fingerprint density at radius 1 is 0.960 bits per heavy atom. The first-order chi connectivity index (χ1) is 11.9. The molecule has 0 atom stereocenters. The Morgan fingerprint density at radius 2 is 1.56 bits per heavy atom. The van der Waals surface area contributed by atoms with Gasteiger partial charge in [-0.2, -0.15) is 0 Å². The van der Waals surface area contributed by atoms with Crippen LogP contribution in [0.3, 0.4) is 0 Å². The molecule has 0 fully saturated rings. The van der Waals surface area contributed by atoms with E-state index in [1.165, 1.54) is 24.3 Å². The van der Waals surface area contributed by atoms with Crippen molar-refractivity contribution >= 4 is 57.4 Å². The van der Waals surface area contributed by atoms with Gasteiger partial charge in [0.05, 0.1) is 10.5 Å². The SMILES string of the molecule is O=C(NNC(=S)NC(=O)c1ccccc1[N+](=O)[O-])c1ccccc1I. The third-order valence-corrected chi connectivity index (χ3v) is 4.13. The highest BCUT2D eigenvalue weighted by Crippen LogP contribution is 2.17. The summed E-state index contributed by atoms with van der Waals surface area (Å²) in [4.78, 5) is 34.4. The van der Waals surface area contributed by atoms with Gasteiger partial charge in [0, 0.05) is 9.64 Å². The van der Waals surface area contributed by atoms with Crippen molar-refractivity contribution in [3.8, 4) is 0 Å². The molecule has 0 saturated heterocycles. The van der Waals surface area contributed by atoms with Crippen LogP contribution < -0.4 is 16.2 Å². The van der Waals surface area contributed by atoms with E-state index in [-0.39, 0.29) is 16.4 Å². The number of halogens is 1. The molecule has 2 rings (SSSR count). The van der Waals surface area contributed by atoms with Gasteiger partial charge in [0.2, 0.25) is 0 Å². The molecule has 2 amide bonds. The lowest BCUT2D eigenvalue weighted by atomic mass is 10.1. The topological polar surface area (TPSA) is 113 Å². The van der Waals surface area contributed by atoms with Gasteiger partial charge in [-0.15, -0.1) is 0 Å². The van der Waals surface area contributed by atoms with E-state index in [4.69, 9.17) is 12.2 Å². The molecule has 8 nitrogen and oxygen atoms in total. The minimum atomic E-state index is -0.756. The zero-order valence-electron chi connectivity index (χ0n) is 12.5. The molecule has 2 aromatic carbocycles. The average Bonchev–Trinajstić information content (AvgIpc) is 2.60. The van der Waals surface area contributed by atoms with Crippen LogP contribution in [-0.2, 0) is 0 Å². The maximum atomic E-state index is 12.1. The molecule has 0 aliphatic carbocycles. The average molecular weight is 470 g/mol. The summed E-state index contributed by atoms with van der Waals surface area (Å²) in [6, 6.07) is 12.4. The first-order valence-corrected chi connectivity index (χ1v) is 8.28. The van der Waals surface area contributed by atoms with Gasteiger partial charge in [-0.05, 0) is 53.0 Å². The predicted octanol–water partition coefficient (Wildman–Crippen LogP) is 2.15. The van der Waals surface area contributed by atoms with Crippen LogP contribution >= 0.6 is 34.8 Å². The maximum absolute atomic E-state index is 12.1. The number of hydrogen-bond acceptors (Lipinski definition) is 5. The minimum absolute atomic E-state index is 0.138. The molecule has 0 bridgehead atoms. The molecule has 128 valence electrons. The monoisotopic (exact) mass is 470 g/mol. The van der Waals surface area contributed by atoms with Gasteiger partial charge in [0.25, 0.3) is 17.5 Å². The van der Waals surface area contributed by atoms with Gasteiger partial charge in [-0.1, -0.05) is 24.3 Å². The van der Waals surface area contributed by atoms with E-state index in [2.05, 4.69) is 16.2 Å². The number of nitrogens with zero attached hydrogens (tertiary/aromatic N) is 1. The Labute approximate surface area is 161 Å². The Hall–Kier alpha value is -2.60. The Balaban J connectivity index is 1.97. The standard InChI is InChI=1S/C15H11IN4O4S/c16-11-7-3-1-5-9(11)14(22)18-19-15(25)17-13(21)10-6-2-4-8-12(10)20(23)24/h1-8H,(H,18,22)(H2,17,19,21,25). The number of amides is 2. The van der Waals surface area contributed by atoms with Crippen LogP contribution in [0.25, 0.3) is 0 Å². The molecule has 0 aliphatic heterocycles. The summed E-state index contributed by atoms with van der Waals surface area (Å²) in [6.45, 7) is 0. The van der Waals surface area contributed by atoms with Crippen molar-refractivity contribution in [1.29, 1.82) is 0 Å². The molecular formula is C15H11IN4O4S. The summed E-state index contributed by atoms with van der Waals surface area (Å²) in [5.41, 5.74) is 4.69. The lowest BCUT2D eigenvalue weighted by Gasteiger charge is -2.11. The zero-order chi connectivity index (χ0) is 18.4. The van der Waals surface area contributed by atoms with E-state index in [9.17, 15) is 19.7 Å². The van der Waals surface area contributed by atoms with Crippen LogP contribution in [-0.4, -0.2) is 21.9 Å². The molecule has 0 radical (unpaired) electrons. The van der Waals surface area contributed by atoms with Gasteiger partial charge in [0.1, 0.15) is 5.56 Å². The molecule has 0 heterocycles. The Bertz CT molecular complexity index is 859. The predicted molar refractivity (Wildman–Crippen MR) is 103 cm³/mol. The number of nitro benzene ring substituents is 1. The smallest absolute Gasteiger partial charge is 0.282 e. The van der Waals surface area contributed by atoms with Crippen LogP contribution in [0.4, 0.5) is 5.69 Å². The molecule has 3 N–H and O–H groups in total. The van der Waals surface area contributed by atoms with Crippen LogP contribution in [0.5, 0.6) is 0 Å². The van der Waals surface area contributed by atoms with Crippen molar-refractivity contribution in [2.24, 2.45) is 0 Å². The van der Waals surface area contributed by atoms with Crippen LogP contribution in [0.2, 0.25) is 0 Å². The first kappa shape index (κ1) is 18.7. The second-order valence-corrected chi connectivity index (χ2v) is 6.19. The van der Waals surface area contributed by atoms with Crippen LogP contribution in [0.15, 0.2) is 48.5 Å². The largest absolute Gasteiger partial charge is 0.297 e. The quantitative estimate of drug-likeness (QED) is 0.274. The van der Waals surface area contributed by atoms with Gasteiger partial charge in [0.15, 0.2) is 5.11 Å². The summed E-state index contributed by atoms with van der Waals surface area (Å²) in [5, 5.41) is 13.0. The van der Waals surface area contributed by atoms with E-state index in [0.29, 0.717) is 5.56 Å². The second-order valence-electron chi connectivity index (χ2n) is 4.62. The lowest BCUT2D eigenvalue weighted by Crippen LogP contribution is -2.48. The maximum Gasteiger partial charge on any atom is 0.282 e. The van der Waals surface area contributed by atoms with Crippen molar-refractivity contribution < 1.29 is 14.5 Å². The van der Waals surface area contributed by atoms with Gasteiger partial charge in [-0.3, -0.25) is 35.9 Å². The number of para-hydroxylation sites is 1. The van der Waals surface area contributed by atoms with Gasteiger partial charge >= 0.3 is 0 Å². The highest BCUT2D eigenvalue weighted by Gasteiger charge is 2.20. The number of rotatable bonds is 3. The van der Waals surface area contributed by atoms with Crippen molar-refractivity contribution in [2.75, 3.05) is 0 Å². The number of nitro groups is 1. The van der Waals surface area contributed by atoms with Crippen molar-refractivity contribution in [1.82, 2.24) is 16.2 Å². The molecule has 0 unspecified atom stereocenters. The molecule has 0 aliphatic rings. The highest BCUT2D eigenvalue weighted by molar-refractivity contribution is 14.1. The number of carbonyl (C=O) groups is 2. The minimum Gasteiger partial charge on any atom is -0.297 e. The van der Waals surface area contributed by atoms with Crippen LogP contribution in [0.1, 0.15) is 20.7 Å². The summed E-state index contributed by atoms with van der Waals surface area (Å²) in [6.07, 6.45) is 0. The highest BCUT2D eigenvalue weighted by atomic mass is 127. The molecule has 10 heteroatoms. The number of hydrazine groups is 1. The molecule has 0 aromatic heterocycles. The molecule has 0 saturated carbocycles. The van der Waals surface area contributed by atoms with E-state index in [1.54, 1.807) is 24.3 Å². The Morgan fingerprint density at radius 3 is 2.20 bits per heavy atom. The van der Waals surface area contributed by atoms with Crippen molar-refractivity contribution in [2.45, 2.75) is 0 Å². The Kier molecular flexibility index (Phi) is 6.36. The molecular weight excluding hydrogens is 459 g/mol. The first-order valence-electron chi connectivity index (χ1n) is 6.79. The number of benzene rings is 2. The van der Waals surface area contributed by atoms with Crippen molar-refractivity contribution in [3.05, 3.63) is 73.3 Å². The number of thiocarbonyl (C=S) groups is 1. The van der Waals surface area contributed by atoms with E-state index in [0.717, 1.165) is 3.57 Å². The number of carbonyl (C=O) groups excluding carboxylic acids is 2. The van der Waals surface area contributed by atoms with E-state index >= 15 is 0 Å². The summed E-state index contributed by atoms with van der Waals surface area (Å²) >= 11 is 6.93. The molecule has 2 aromatic rings.